The molecule has 0 saturated carbocycles. The summed E-state index contributed by atoms with van der Waals surface area (Å²) in [4.78, 5) is 38.0. The number of carbonyl (C=O) groups is 3. The van der Waals surface area contributed by atoms with E-state index in [-0.39, 0.29) is 30.8 Å². The van der Waals surface area contributed by atoms with Crippen molar-refractivity contribution in [2.24, 2.45) is 11.5 Å². The third kappa shape index (κ3) is 24.2. The molecule has 2 atom stereocenters. The quantitative estimate of drug-likeness (QED) is 0.0733. The molecule has 9 heteroatoms. The van der Waals surface area contributed by atoms with Gasteiger partial charge in [0.15, 0.2) is 0 Å². The van der Waals surface area contributed by atoms with Gasteiger partial charge in [0.25, 0.3) is 0 Å². The third-order valence-electron chi connectivity index (χ3n) is 6.94. The average molecular weight is 577 g/mol. The summed E-state index contributed by atoms with van der Waals surface area (Å²) in [7, 11) is 0. The van der Waals surface area contributed by atoms with Gasteiger partial charge in [0.05, 0.1) is 6.61 Å². The summed E-state index contributed by atoms with van der Waals surface area (Å²) in [6.07, 6.45) is 20.7. The molecule has 0 aliphatic carbocycles. The normalized spacial score (nSPS) is 12.3. The molecule has 0 heterocycles. The van der Waals surface area contributed by atoms with Crippen LogP contribution in [0.3, 0.4) is 0 Å². The van der Waals surface area contributed by atoms with Crippen LogP contribution in [0.15, 0.2) is 0 Å². The lowest BCUT2D eigenvalue weighted by Crippen LogP contribution is -2.52. The number of carbonyl (C=O) groups excluding carboxylic acids is 3. The van der Waals surface area contributed by atoms with Gasteiger partial charge in [-0.3, -0.25) is 9.59 Å². The van der Waals surface area contributed by atoms with E-state index in [0.29, 0.717) is 38.8 Å². The first kappa shape index (κ1) is 39.8. The van der Waals surface area contributed by atoms with E-state index >= 15 is 0 Å². The minimum Gasteiger partial charge on any atom is -0.464 e. The Morgan fingerprint density at radius 1 is 0.615 bits per heavy atom. The average Bonchev–Trinajstić information content (AvgIpc) is 2.90. The lowest BCUT2D eigenvalue weighted by atomic mass is 10.0. The predicted molar refractivity (Wildman–Crippen MR) is 164 cm³/mol. The topological polar surface area (TPSA) is 137 Å². The van der Waals surface area contributed by atoms with Gasteiger partial charge >= 0.3 is 5.97 Å². The van der Waals surface area contributed by atoms with Gasteiger partial charge in [-0.2, -0.15) is 0 Å². The van der Waals surface area contributed by atoms with Crippen LogP contribution in [0.25, 0.3) is 0 Å². The fourth-order valence-electron chi connectivity index (χ4n) is 4.59. The summed E-state index contributed by atoms with van der Waals surface area (Å²) in [6.45, 7) is 5.30. The van der Waals surface area contributed by atoms with E-state index in [0.717, 1.165) is 38.5 Å². The second-order valence-corrected chi connectivity index (χ2v) is 10.5. The molecule has 8 nitrogen and oxygen atoms in total. The maximum atomic E-state index is 13.0. The Morgan fingerprint density at radius 3 is 1.54 bits per heavy atom. The molecule has 0 fully saturated rings. The Morgan fingerprint density at radius 2 is 1.08 bits per heavy atom. The van der Waals surface area contributed by atoms with Crippen LogP contribution in [0.4, 0.5) is 0 Å². The van der Waals surface area contributed by atoms with Gasteiger partial charge in [-0.05, 0) is 65.0 Å². The number of esters is 1. The molecule has 6 N–H and O–H groups in total. The van der Waals surface area contributed by atoms with Crippen molar-refractivity contribution in [2.45, 2.75) is 154 Å². The highest BCUT2D eigenvalue weighted by Crippen LogP contribution is 2.13. The molecule has 232 valence electrons. The molecule has 0 aromatic rings. The highest BCUT2D eigenvalue weighted by Gasteiger charge is 2.27. The molecule has 0 radical (unpaired) electrons. The summed E-state index contributed by atoms with van der Waals surface area (Å²) < 4.78 is 5.14. The number of nitrogens with one attached hydrogen (secondary N) is 2. The Balaban J connectivity index is 0. The maximum Gasteiger partial charge on any atom is 0.328 e. The number of unbranched alkanes of at least 4 members (excludes halogenated alkanes) is 14. The number of hydrogen-bond donors (Lipinski definition) is 4. The summed E-state index contributed by atoms with van der Waals surface area (Å²) >= 11 is 0. The van der Waals surface area contributed by atoms with Gasteiger partial charge < -0.3 is 26.8 Å². The molecular weight excluding hydrogens is 516 g/mol. The third-order valence-corrected chi connectivity index (χ3v) is 6.94. The smallest absolute Gasteiger partial charge is 0.328 e. The Bertz CT molecular complexity index is 595. The van der Waals surface area contributed by atoms with Crippen LogP contribution in [0.2, 0.25) is 0 Å². The molecule has 2 amide bonds. The SMILES string of the molecule is CCCCCCCCCCCCCCCC(=O)NC(CCCCN)C(=O)NC(CCCCN)C(=O)OCC.Cl. The van der Waals surface area contributed by atoms with Gasteiger partial charge in [0.2, 0.25) is 11.8 Å². The second-order valence-electron chi connectivity index (χ2n) is 10.5. The molecule has 39 heavy (non-hydrogen) atoms. The fraction of sp³-hybridized carbons (Fsp3) is 0.900. The van der Waals surface area contributed by atoms with Crippen LogP contribution in [-0.4, -0.2) is 49.6 Å². The monoisotopic (exact) mass is 576 g/mol. The van der Waals surface area contributed by atoms with Gasteiger partial charge in [0.1, 0.15) is 12.1 Å². The van der Waals surface area contributed by atoms with Crippen LogP contribution in [0.1, 0.15) is 142 Å². The molecule has 0 rings (SSSR count). The standard InChI is InChI=1S/C30H60N4O4.ClH/c1-3-5-6-7-8-9-10-11-12-13-14-15-16-23-28(35)33-26(21-17-19-24-31)29(36)34-27(22-18-20-25-32)30(37)38-4-2;/h26-27H,3-25,31-32H2,1-2H3,(H,33,35)(H,34,36);1H. The molecule has 2 unspecified atom stereocenters. The van der Waals surface area contributed by atoms with E-state index in [9.17, 15) is 14.4 Å². The van der Waals surface area contributed by atoms with E-state index < -0.39 is 18.1 Å². The minimum atomic E-state index is -0.732. The Labute approximate surface area is 245 Å². The number of ether oxygens (including phenoxy) is 1. The largest absolute Gasteiger partial charge is 0.464 e. The van der Waals surface area contributed by atoms with Gasteiger partial charge in [-0.25, -0.2) is 4.79 Å². The Kier molecular flexibility index (Phi) is 30.2. The van der Waals surface area contributed by atoms with Crippen molar-refractivity contribution < 1.29 is 19.1 Å². The van der Waals surface area contributed by atoms with Gasteiger partial charge in [-0.1, -0.05) is 84.0 Å². The molecule has 0 saturated heterocycles. The molecular formula is C30H61ClN4O4. The summed E-state index contributed by atoms with van der Waals surface area (Å²) in [6, 6.07) is -1.41. The lowest BCUT2D eigenvalue weighted by Gasteiger charge is -2.22. The van der Waals surface area contributed by atoms with Crippen molar-refractivity contribution in [3.05, 3.63) is 0 Å². The highest BCUT2D eigenvalue weighted by molar-refractivity contribution is 5.90. The van der Waals surface area contributed by atoms with Crippen LogP contribution >= 0.6 is 12.4 Å². The van der Waals surface area contributed by atoms with Crippen molar-refractivity contribution in [3.63, 3.8) is 0 Å². The minimum absolute atomic E-state index is 0. The van der Waals surface area contributed by atoms with Crippen LogP contribution in [0.5, 0.6) is 0 Å². The molecule has 0 aromatic carbocycles. The lowest BCUT2D eigenvalue weighted by molar-refractivity contribution is -0.148. The van der Waals surface area contributed by atoms with Crippen LogP contribution < -0.4 is 22.1 Å². The summed E-state index contributed by atoms with van der Waals surface area (Å²) in [5.41, 5.74) is 11.2. The first-order valence-corrected chi connectivity index (χ1v) is 15.7. The zero-order valence-electron chi connectivity index (χ0n) is 25.1. The summed E-state index contributed by atoms with van der Waals surface area (Å²) in [5, 5.41) is 5.71. The Hall–Kier alpha value is -1.38. The molecule has 0 aromatic heterocycles. The van der Waals surface area contributed by atoms with Crippen molar-refractivity contribution in [2.75, 3.05) is 19.7 Å². The molecule has 0 spiro atoms. The first-order valence-electron chi connectivity index (χ1n) is 15.7. The highest BCUT2D eigenvalue weighted by atomic mass is 35.5. The van der Waals surface area contributed by atoms with E-state index in [1.807, 2.05) is 0 Å². The van der Waals surface area contributed by atoms with E-state index in [4.69, 9.17) is 16.2 Å². The number of halogens is 1. The molecule has 0 bridgehead atoms. The van der Waals surface area contributed by atoms with Crippen LogP contribution in [0, 0.1) is 0 Å². The van der Waals surface area contributed by atoms with E-state index in [1.54, 1.807) is 6.92 Å². The zero-order valence-corrected chi connectivity index (χ0v) is 25.9. The van der Waals surface area contributed by atoms with Gasteiger partial charge in [0, 0.05) is 6.42 Å². The predicted octanol–water partition coefficient (Wildman–Crippen LogP) is 5.68. The zero-order chi connectivity index (χ0) is 28.3. The van der Waals surface area contributed by atoms with Crippen molar-refractivity contribution in [3.8, 4) is 0 Å². The van der Waals surface area contributed by atoms with E-state index in [1.165, 1.54) is 64.2 Å². The second kappa shape index (κ2) is 29.6. The summed E-state index contributed by atoms with van der Waals surface area (Å²) in [5.74, 6) is -0.903. The number of nitrogens with two attached hydrogens (primary N) is 2. The maximum absolute atomic E-state index is 13.0. The van der Waals surface area contributed by atoms with Crippen molar-refractivity contribution in [1.82, 2.24) is 10.6 Å². The number of amides is 2. The van der Waals surface area contributed by atoms with Crippen molar-refractivity contribution >= 4 is 30.2 Å². The first-order chi connectivity index (χ1) is 18.5. The molecule has 0 aliphatic heterocycles. The van der Waals surface area contributed by atoms with Crippen molar-refractivity contribution in [1.29, 1.82) is 0 Å². The molecule has 0 aliphatic rings. The fourth-order valence-corrected chi connectivity index (χ4v) is 4.59. The number of rotatable bonds is 27. The van der Waals surface area contributed by atoms with E-state index in [2.05, 4.69) is 17.6 Å². The van der Waals surface area contributed by atoms with Crippen LogP contribution in [-0.2, 0) is 19.1 Å². The van der Waals surface area contributed by atoms with Gasteiger partial charge in [-0.15, -0.1) is 12.4 Å². The number of hydrogen-bond acceptors (Lipinski definition) is 6.